The number of rotatable bonds is 6. The highest BCUT2D eigenvalue weighted by Crippen LogP contribution is 2.38. The predicted molar refractivity (Wildman–Crippen MR) is 123 cm³/mol. The van der Waals surface area contributed by atoms with E-state index in [9.17, 15) is 9.59 Å². The van der Waals surface area contributed by atoms with Crippen molar-refractivity contribution in [3.8, 4) is 0 Å². The molecule has 3 atom stereocenters. The van der Waals surface area contributed by atoms with Gasteiger partial charge in [-0.1, -0.05) is 43.3 Å². The van der Waals surface area contributed by atoms with Crippen molar-refractivity contribution in [2.75, 3.05) is 11.9 Å². The van der Waals surface area contributed by atoms with E-state index in [2.05, 4.69) is 29.7 Å². The van der Waals surface area contributed by atoms with E-state index in [1.54, 1.807) is 24.3 Å². The summed E-state index contributed by atoms with van der Waals surface area (Å²) in [7, 11) is 0. The van der Waals surface area contributed by atoms with Gasteiger partial charge < -0.3 is 16.4 Å². The number of hydrogen-bond acceptors (Lipinski definition) is 3. The number of fused-ring (bicyclic) bond motifs is 1. The molecule has 1 saturated carbocycles. The number of nitrogens with one attached hydrogen (secondary N) is 2. The molecule has 1 fully saturated rings. The molecule has 0 aliphatic heterocycles. The summed E-state index contributed by atoms with van der Waals surface area (Å²) < 4.78 is 0. The van der Waals surface area contributed by atoms with Crippen LogP contribution >= 0.6 is 12.4 Å². The predicted octanol–water partition coefficient (Wildman–Crippen LogP) is 4.29. The Hall–Kier alpha value is -2.89. The molecule has 0 heterocycles. The fraction of sp³-hybridized carbons (Fsp3) is 0.250. The molecular formula is C24H26ClN3O2. The minimum atomic E-state index is -0.275. The van der Waals surface area contributed by atoms with Gasteiger partial charge >= 0.3 is 0 Å². The van der Waals surface area contributed by atoms with Gasteiger partial charge in [-0.3, -0.25) is 9.59 Å². The zero-order chi connectivity index (χ0) is 20.4. The Morgan fingerprint density at radius 2 is 1.70 bits per heavy atom. The number of carbonyl (C=O) groups is 2. The van der Waals surface area contributed by atoms with E-state index in [1.807, 2.05) is 30.3 Å². The molecular weight excluding hydrogens is 398 g/mol. The largest absolute Gasteiger partial charge is 0.344 e. The van der Waals surface area contributed by atoms with Gasteiger partial charge in [0.15, 0.2) is 0 Å². The lowest BCUT2D eigenvalue weighted by molar-refractivity contribution is -0.117. The summed E-state index contributed by atoms with van der Waals surface area (Å²) >= 11 is 0. The summed E-state index contributed by atoms with van der Waals surface area (Å²) in [5.41, 5.74) is 8.15. The van der Waals surface area contributed by atoms with Gasteiger partial charge in [-0.15, -0.1) is 12.4 Å². The fourth-order valence-corrected chi connectivity index (χ4v) is 3.57. The highest BCUT2D eigenvalue weighted by Gasteiger charge is 2.39. The summed E-state index contributed by atoms with van der Waals surface area (Å²) in [6.45, 7) is 2.37. The molecule has 1 aliphatic carbocycles. The maximum atomic E-state index is 12.7. The molecule has 5 nitrogen and oxygen atoms in total. The first-order valence-corrected chi connectivity index (χ1v) is 9.95. The van der Waals surface area contributed by atoms with Crippen LogP contribution in [-0.2, 0) is 4.79 Å². The third kappa shape index (κ3) is 4.81. The number of hydrogen-bond donors (Lipinski definition) is 3. The van der Waals surface area contributed by atoms with Crippen molar-refractivity contribution in [3.63, 3.8) is 0 Å². The molecule has 2 amide bonds. The number of benzene rings is 3. The topological polar surface area (TPSA) is 84.2 Å². The number of halogens is 1. The Kier molecular flexibility index (Phi) is 6.75. The zero-order valence-corrected chi connectivity index (χ0v) is 17.6. The van der Waals surface area contributed by atoms with Crippen LogP contribution in [0.2, 0.25) is 0 Å². The first-order chi connectivity index (χ1) is 14.0. The van der Waals surface area contributed by atoms with Crippen LogP contribution in [0, 0.1) is 11.8 Å². The van der Waals surface area contributed by atoms with Gasteiger partial charge in [-0.2, -0.15) is 0 Å². The normalized spacial score (nSPS) is 18.2. The molecule has 6 heteroatoms. The summed E-state index contributed by atoms with van der Waals surface area (Å²) in [5.74, 6) is 0.435. The second-order valence-corrected chi connectivity index (χ2v) is 7.75. The average Bonchev–Trinajstić information content (AvgIpc) is 3.49. The lowest BCUT2D eigenvalue weighted by atomic mass is 10.0. The van der Waals surface area contributed by atoms with E-state index in [-0.39, 0.29) is 36.2 Å². The van der Waals surface area contributed by atoms with Gasteiger partial charge in [-0.05, 0) is 59.0 Å². The molecule has 30 heavy (non-hydrogen) atoms. The van der Waals surface area contributed by atoms with Crippen molar-refractivity contribution >= 4 is 40.7 Å². The summed E-state index contributed by atoms with van der Waals surface area (Å²) in [4.78, 5) is 24.7. The molecule has 0 aromatic heterocycles. The molecule has 156 valence electrons. The fourth-order valence-electron chi connectivity index (χ4n) is 3.57. The lowest BCUT2D eigenvalue weighted by Gasteiger charge is -2.18. The molecule has 0 radical (unpaired) electrons. The second-order valence-electron chi connectivity index (χ2n) is 7.75. The molecule has 0 bridgehead atoms. The van der Waals surface area contributed by atoms with Gasteiger partial charge in [0.1, 0.15) is 0 Å². The van der Waals surface area contributed by atoms with Crippen LogP contribution in [0.25, 0.3) is 10.8 Å². The van der Waals surface area contributed by atoms with Crippen molar-refractivity contribution < 1.29 is 9.59 Å². The van der Waals surface area contributed by atoms with E-state index in [4.69, 9.17) is 5.73 Å². The van der Waals surface area contributed by atoms with Crippen molar-refractivity contribution in [2.24, 2.45) is 17.6 Å². The minimum absolute atomic E-state index is 0. The smallest absolute Gasteiger partial charge is 0.251 e. The van der Waals surface area contributed by atoms with Gasteiger partial charge in [-0.25, -0.2) is 0 Å². The van der Waals surface area contributed by atoms with Crippen LogP contribution in [0.5, 0.6) is 0 Å². The maximum Gasteiger partial charge on any atom is 0.251 e. The standard InChI is InChI=1S/C24H25N3O2.ClH/c1-15-12-21(15)24(29)26-20-10-8-17(9-11-20)23(28)27-22(14-25)19-7-6-16-4-2-3-5-18(16)13-19;/h2-11,13,15,21-22H,12,14,25H2,1H3,(H,26,29)(H,27,28);1H. The third-order valence-electron chi connectivity index (χ3n) is 5.58. The molecule has 0 saturated heterocycles. The van der Waals surface area contributed by atoms with Crippen molar-refractivity contribution in [2.45, 2.75) is 19.4 Å². The molecule has 4 rings (SSSR count). The first-order valence-electron chi connectivity index (χ1n) is 9.95. The van der Waals surface area contributed by atoms with Gasteiger partial charge in [0.05, 0.1) is 6.04 Å². The number of carbonyl (C=O) groups excluding carboxylic acids is 2. The Bertz CT molecular complexity index is 1050. The zero-order valence-electron chi connectivity index (χ0n) is 16.8. The Morgan fingerprint density at radius 3 is 2.33 bits per heavy atom. The average molecular weight is 424 g/mol. The van der Waals surface area contributed by atoms with Gasteiger partial charge in [0.25, 0.3) is 5.91 Å². The van der Waals surface area contributed by atoms with Crippen LogP contribution in [0.4, 0.5) is 5.69 Å². The monoisotopic (exact) mass is 423 g/mol. The maximum absolute atomic E-state index is 12.7. The molecule has 3 unspecified atom stereocenters. The van der Waals surface area contributed by atoms with E-state index in [0.29, 0.717) is 23.7 Å². The number of anilines is 1. The van der Waals surface area contributed by atoms with E-state index in [1.165, 1.54) is 0 Å². The molecule has 4 N–H and O–H groups in total. The SMILES string of the molecule is CC1CC1C(=O)Nc1ccc(C(=O)NC(CN)c2ccc3ccccc3c2)cc1.Cl. The molecule has 1 aliphatic rings. The van der Waals surface area contributed by atoms with E-state index < -0.39 is 0 Å². The quantitative estimate of drug-likeness (QED) is 0.553. The Balaban J connectivity index is 0.00000256. The first kappa shape index (κ1) is 21.8. The Morgan fingerprint density at radius 1 is 1.03 bits per heavy atom. The van der Waals surface area contributed by atoms with Crippen molar-refractivity contribution in [3.05, 3.63) is 77.9 Å². The molecule has 3 aromatic rings. The third-order valence-corrected chi connectivity index (χ3v) is 5.58. The highest BCUT2D eigenvalue weighted by atomic mass is 35.5. The highest BCUT2D eigenvalue weighted by molar-refractivity contribution is 5.97. The van der Waals surface area contributed by atoms with Crippen LogP contribution in [-0.4, -0.2) is 18.4 Å². The second kappa shape index (κ2) is 9.28. The lowest BCUT2D eigenvalue weighted by Crippen LogP contribution is -2.33. The van der Waals surface area contributed by atoms with E-state index in [0.717, 1.165) is 22.8 Å². The number of nitrogens with two attached hydrogens (primary N) is 1. The van der Waals surface area contributed by atoms with Crippen LogP contribution in [0.1, 0.15) is 35.3 Å². The molecule has 3 aromatic carbocycles. The number of amides is 2. The van der Waals surface area contributed by atoms with Gasteiger partial charge in [0, 0.05) is 23.7 Å². The van der Waals surface area contributed by atoms with Gasteiger partial charge in [0.2, 0.25) is 5.91 Å². The summed E-state index contributed by atoms with van der Waals surface area (Å²) in [6, 6.07) is 20.9. The summed E-state index contributed by atoms with van der Waals surface area (Å²) in [6.07, 6.45) is 0.946. The van der Waals surface area contributed by atoms with Crippen molar-refractivity contribution in [1.29, 1.82) is 0 Å². The Labute approximate surface area is 182 Å². The minimum Gasteiger partial charge on any atom is -0.344 e. The van der Waals surface area contributed by atoms with Crippen LogP contribution < -0.4 is 16.4 Å². The van der Waals surface area contributed by atoms with E-state index >= 15 is 0 Å². The van der Waals surface area contributed by atoms with Crippen LogP contribution in [0.15, 0.2) is 66.7 Å². The molecule has 0 spiro atoms. The van der Waals surface area contributed by atoms with Crippen molar-refractivity contribution in [1.82, 2.24) is 5.32 Å². The van der Waals surface area contributed by atoms with Crippen LogP contribution in [0.3, 0.4) is 0 Å². The summed E-state index contributed by atoms with van der Waals surface area (Å²) in [5, 5.41) is 8.17.